The Morgan fingerprint density at radius 1 is 1.19 bits per heavy atom. The van der Waals surface area contributed by atoms with E-state index in [4.69, 9.17) is 9.47 Å². The molecule has 0 aromatic heterocycles. The van der Waals surface area contributed by atoms with Gasteiger partial charge in [0.25, 0.3) is 5.91 Å². The normalized spacial score (nSPS) is 10.9. The van der Waals surface area contributed by atoms with Crippen molar-refractivity contribution in [2.75, 3.05) is 37.0 Å². The fourth-order valence-electron chi connectivity index (χ4n) is 3.03. The van der Waals surface area contributed by atoms with Crippen LogP contribution in [0.25, 0.3) is 6.08 Å². The van der Waals surface area contributed by atoms with Gasteiger partial charge in [0.1, 0.15) is 11.6 Å². The summed E-state index contributed by atoms with van der Waals surface area (Å²) < 4.78 is 12.0. The van der Waals surface area contributed by atoms with E-state index in [0.29, 0.717) is 29.4 Å². The Morgan fingerprint density at radius 3 is 2.42 bits per heavy atom. The summed E-state index contributed by atoms with van der Waals surface area (Å²) in [6, 6.07) is 13.2. The van der Waals surface area contributed by atoms with E-state index in [2.05, 4.69) is 46.7 Å². The topological polar surface area (TPSA) is 74.6 Å². The Labute approximate surface area is 198 Å². The van der Waals surface area contributed by atoms with Crippen LogP contribution in [0.15, 0.2) is 42.0 Å². The van der Waals surface area contributed by atoms with E-state index in [-0.39, 0.29) is 5.57 Å². The van der Waals surface area contributed by atoms with Crippen LogP contribution in [0.5, 0.6) is 11.5 Å². The molecule has 0 saturated carbocycles. The Balaban J connectivity index is 2.22. The highest BCUT2D eigenvalue weighted by molar-refractivity contribution is 14.1. The van der Waals surface area contributed by atoms with Gasteiger partial charge in [0.05, 0.1) is 17.3 Å². The minimum atomic E-state index is -0.460. The van der Waals surface area contributed by atoms with Crippen molar-refractivity contribution < 1.29 is 14.3 Å². The average Bonchev–Trinajstić information content (AvgIpc) is 2.78. The number of carbonyl (C=O) groups is 1. The van der Waals surface area contributed by atoms with Gasteiger partial charge in [0.15, 0.2) is 11.5 Å². The highest BCUT2D eigenvalue weighted by Crippen LogP contribution is 2.34. The summed E-state index contributed by atoms with van der Waals surface area (Å²) in [6.45, 7) is 8.64. The van der Waals surface area contributed by atoms with Crippen molar-refractivity contribution in [2.24, 2.45) is 0 Å². The number of halogens is 1. The molecule has 0 aliphatic carbocycles. The molecule has 0 bridgehead atoms. The maximum atomic E-state index is 12.7. The number of hydrogen-bond donors (Lipinski definition) is 1. The number of methoxy groups -OCH3 is 1. The van der Waals surface area contributed by atoms with Gasteiger partial charge in [0.2, 0.25) is 0 Å². The lowest BCUT2D eigenvalue weighted by Gasteiger charge is -2.21. The second-order valence-corrected chi connectivity index (χ2v) is 7.89. The molecule has 2 aromatic rings. The van der Waals surface area contributed by atoms with Gasteiger partial charge in [-0.15, -0.1) is 0 Å². The van der Waals surface area contributed by atoms with E-state index in [0.717, 1.165) is 28.8 Å². The van der Waals surface area contributed by atoms with Gasteiger partial charge >= 0.3 is 0 Å². The van der Waals surface area contributed by atoms with Gasteiger partial charge in [0, 0.05) is 24.5 Å². The third-order valence-electron chi connectivity index (χ3n) is 4.63. The lowest BCUT2D eigenvalue weighted by molar-refractivity contribution is -0.112. The standard InChI is InChI=1S/C24H28IN3O3/c1-5-12-31-23-21(25)14-17(15-22(23)30-4)13-18(16-26)24(29)27-19-8-10-20(11-9-19)28(6-2)7-3/h8-11,13-15H,5-7,12H2,1-4H3,(H,27,29)/b18-13-. The lowest BCUT2D eigenvalue weighted by atomic mass is 10.1. The molecular formula is C24H28IN3O3. The molecule has 0 heterocycles. The second-order valence-electron chi connectivity index (χ2n) is 6.73. The van der Waals surface area contributed by atoms with Crippen molar-refractivity contribution in [2.45, 2.75) is 27.2 Å². The van der Waals surface area contributed by atoms with E-state index in [1.54, 1.807) is 19.3 Å². The molecule has 0 fully saturated rings. The maximum absolute atomic E-state index is 12.7. The fraction of sp³-hybridized carbons (Fsp3) is 0.333. The molecule has 2 rings (SSSR count). The van der Waals surface area contributed by atoms with Crippen LogP contribution in [-0.4, -0.2) is 32.7 Å². The third-order valence-corrected chi connectivity index (χ3v) is 5.43. The van der Waals surface area contributed by atoms with Crippen LogP contribution < -0.4 is 19.7 Å². The number of benzene rings is 2. The highest BCUT2D eigenvalue weighted by atomic mass is 127. The van der Waals surface area contributed by atoms with Crippen LogP contribution in [0, 0.1) is 14.9 Å². The predicted octanol–water partition coefficient (Wildman–Crippen LogP) is 5.48. The van der Waals surface area contributed by atoms with Crippen molar-refractivity contribution in [3.8, 4) is 17.6 Å². The molecule has 0 aliphatic heterocycles. The van der Waals surface area contributed by atoms with E-state index in [1.807, 2.05) is 43.3 Å². The summed E-state index contributed by atoms with van der Waals surface area (Å²) in [5, 5.41) is 12.3. The predicted molar refractivity (Wildman–Crippen MR) is 134 cm³/mol. The number of nitriles is 1. The number of nitrogens with zero attached hydrogens (tertiary/aromatic N) is 2. The van der Waals surface area contributed by atoms with Gasteiger partial charge in [-0.1, -0.05) is 6.92 Å². The van der Waals surface area contributed by atoms with Crippen LogP contribution in [0.4, 0.5) is 11.4 Å². The molecule has 1 amide bonds. The average molecular weight is 533 g/mol. The molecular weight excluding hydrogens is 505 g/mol. The molecule has 0 saturated heterocycles. The molecule has 164 valence electrons. The molecule has 0 unspecified atom stereocenters. The number of rotatable bonds is 10. The molecule has 31 heavy (non-hydrogen) atoms. The largest absolute Gasteiger partial charge is 0.493 e. The number of ether oxygens (including phenoxy) is 2. The number of carbonyl (C=O) groups excluding carboxylic acids is 1. The first-order valence-electron chi connectivity index (χ1n) is 10.3. The van der Waals surface area contributed by atoms with Crippen molar-refractivity contribution in [1.29, 1.82) is 5.26 Å². The van der Waals surface area contributed by atoms with Crippen molar-refractivity contribution in [3.63, 3.8) is 0 Å². The second kappa shape index (κ2) is 12.2. The molecule has 6 nitrogen and oxygen atoms in total. The van der Waals surface area contributed by atoms with Gasteiger partial charge in [-0.05, 0) is 90.9 Å². The minimum Gasteiger partial charge on any atom is -0.493 e. The minimum absolute atomic E-state index is 0.00731. The lowest BCUT2D eigenvalue weighted by Crippen LogP contribution is -2.21. The fourth-order valence-corrected chi connectivity index (χ4v) is 3.81. The highest BCUT2D eigenvalue weighted by Gasteiger charge is 2.14. The SMILES string of the molecule is CCCOc1c(I)cc(/C=C(/C#N)C(=O)Nc2ccc(N(CC)CC)cc2)cc1OC. The summed E-state index contributed by atoms with van der Waals surface area (Å²) in [4.78, 5) is 14.9. The maximum Gasteiger partial charge on any atom is 0.266 e. The number of anilines is 2. The first-order chi connectivity index (χ1) is 15.0. The van der Waals surface area contributed by atoms with E-state index < -0.39 is 5.91 Å². The molecule has 7 heteroatoms. The zero-order chi connectivity index (χ0) is 22.8. The molecule has 0 radical (unpaired) electrons. The summed E-state index contributed by atoms with van der Waals surface area (Å²) in [5.74, 6) is 0.771. The van der Waals surface area contributed by atoms with Gasteiger partial charge in [-0.2, -0.15) is 5.26 Å². The molecule has 0 aliphatic rings. The smallest absolute Gasteiger partial charge is 0.266 e. The Kier molecular flexibility index (Phi) is 9.66. The van der Waals surface area contributed by atoms with Crippen molar-refractivity contribution in [3.05, 3.63) is 51.1 Å². The van der Waals surface area contributed by atoms with Gasteiger partial charge < -0.3 is 19.7 Å². The van der Waals surface area contributed by atoms with Crippen molar-refractivity contribution in [1.82, 2.24) is 0 Å². The summed E-state index contributed by atoms with van der Waals surface area (Å²) in [5.41, 5.74) is 2.42. The van der Waals surface area contributed by atoms with Crippen LogP contribution >= 0.6 is 22.6 Å². The Morgan fingerprint density at radius 2 is 1.87 bits per heavy atom. The van der Waals surface area contributed by atoms with Crippen LogP contribution in [0.3, 0.4) is 0 Å². The Bertz CT molecular complexity index is 961. The number of amides is 1. The molecule has 2 aromatic carbocycles. The summed E-state index contributed by atoms with van der Waals surface area (Å²) in [7, 11) is 1.57. The van der Waals surface area contributed by atoms with Crippen LogP contribution in [-0.2, 0) is 4.79 Å². The zero-order valence-corrected chi connectivity index (χ0v) is 20.5. The van der Waals surface area contributed by atoms with Gasteiger partial charge in [-0.25, -0.2) is 0 Å². The molecule has 0 atom stereocenters. The zero-order valence-electron chi connectivity index (χ0n) is 18.4. The van der Waals surface area contributed by atoms with E-state index >= 15 is 0 Å². The number of hydrogen-bond acceptors (Lipinski definition) is 5. The Hall–Kier alpha value is -2.73. The van der Waals surface area contributed by atoms with Crippen molar-refractivity contribution >= 4 is 45.9 Å². The summed E-state index contributed by atoms with van der Waals surface area (Å²) in [6.07, 6.45) is 2.43. The monoisotopic (exact) mass is 533 g/mol. The number of nitrogens with one attached hydrogen (secondary N) is 1. The van der Waals surface area contributed by atoms with E-state index in [9.17, 15) is 10.1 Å². The van der Waals surface area contributed by atoms with E-state index in [1.165, 1.54) is 0 Å². The first kappa shape index (κ1) is 24.5. The first-order valence-corrected chi connectivity index (χ1v) is 11.3. The summed E-state index contributed by atoms with van der Waals surface area (Å²) >= 11 is 2.16. The third kappa shape index (κ3) is 6.62. The quantitative estimate of drug-likeness (QED) is 0.249. The van der Waals surface area contributed by atoms with Gasteiger partial charge in [-0.3, -0.25) is 4.79 Å². The molecule has 1 N–H and O–H groups in total. The molecule has 0 spiro atoms. The van der Waals surface area contributed by atoms with Crippen LogP contribution in [0.2, 0.25) is 0 Å². The van der Waals surface area contributed by atoms with Crippen LogP contribution in [0.1, 0.15) is 32.8 Å².